The summed E-state index contributed by atoms with van der Waals surface area (Å²) < 4.78 is 18.5. The number of ether oxygens (including phenoxy) is 1. The summed E-state index contributed by atoms with van der Waals surface area (Å²) in [6.45, 7) is 1.51. The third kappa shape index (κ3) is 2.46. The van der Waals surface area contributed by atoms with Crippen LogP contribution in [0.15, 0.2) is 29.1 Å². The molecule has 0 amide bonds. The molecule has 0 spiro atoms. The molecule has 0 saturated heterocycles. The van der Waals surface area contributed by atoms with E-state index in [2.05, 4.69) is 10.2 Å². The van der Waals surface area contributed by atoms with Crippen LogP contribution in [0.1, 0.15) is 29.7 Å². The average Bonchev–Trinajstić information content (AvgIpc) is 2.84. The maximum atomic E-state index is 13.7. The van der Waals surface area contributed by atoms with Crippen LogP contribution in [0.2, 0.25) is 0 Å². The Balaban J connectivity index is 2.26. The summed E-state index contributed by atoms with van der Waals surface area (Å²) in [7, 11) is 1.22. The number of H-pyrrole nitrogens is 2. The number of nitrogens with one attached hydrogen (secondary N) is 2. The summed E-state index contributed by atoms with van der Waals surface area (Å²) in [5.74, 6) is -2.94. The first-order valence-electron chi connectivity index (χ1n) is 7.20. The van der Waals surface area contributed by atoms with Gasteiger partial charge < -0.3 is 14.9 Å². The quantitative estimate of drug-likeness (QED) is 0.721. The summed E-state index contributed by atoms with van der Waals surface area (Å²) in [4.78, 5) is 24.5. The van der Waals surface area contributed by atoms with Gasteiger partial charge in [-0.05, 0) is 24.6 Å². The van der Waals surface area contributed by atoms with Gasteiger partial charge in [0.05, 0.1) is 18.6 Å². The van der Waals surface area contributed by atoms with Crippen LogP contribution in [0.3, 0.4) is 0 Å². The van der Waals surface area contributed by atoms with E-state index in [0.717, 1.165) is 0 Å². The van der Waals surface area contributed by atoms with Gasteiger partial charge in [-0.2, -0.15) is 0 Å². The van der Waals surface area contributed by atoms with E-state index in [1.54, 1.807) is 6.07 Å². The number of halogens is 1. The SMILES string of the molecule is COC(=O)[C@@H]1[C@H](c2cccc(F)c2)c2c([nH][nH]c2=O)C[C@]1(C)O. The van der Waals surface area contributed by atoms with Crippen LogP contribution < -0.4 is 5.56 Å². The fourth-order valence-corrected chi connectivity index (χ4v) is 3.44. The minimum absolute atomic E-state index is 0.0899. The highest BCUT2D eigenvalue weighted by molar-refractivity contribution is 5.77. The second-order valence-corrected chi connectivity index (χ2v) is 6.04. The van der Waals surface area contributed by atoms with Crippen molar-refractivity contribution in [3.05, 3.63) is 57.3 Å². The zero-order valence-electron chi connectivity index (χ0n) is 12.7. The van der Waals surface area contributed by atoms with Crippen LogP contribution in [0.5, 0.6) is 0 Å². The van der Waals surface area contributed by atoms with Crippen molar-refractivity contribution in [2.45, 2.75) is 24.9 Å². The van der Waals surface area contributed by atoms with Crippen molar-refractivity contribution in [1.82, 2.24) is 10.2 Å². The van der Waals surface area contributed by atoms with E-state index >= 15 is 0 Å². The van der Waals surface area contributed by atoms with E-state index in [4.69, 9.17) is 4.74 Å². The minimum Gasteiger partial charge on any atom is -0.469 e. The van der Waals surface area contributed by atoms with Gasteiger partial charge in [0, 0.05) is 23.6 Å². The molecule has 0 unspecified atom stereocenters. The number of methoxy groups -OCH3 is 1. The number of hydrogen-bond donors (Lipinski definition) is 3. The zero-order chi connectivity index (χ0) is 16.8. The number of esters is 1. The van der Waals surface area contributed by atoms with Crippen molar-refractivity contribution < 1.29 is 19.0 Å². The molecule has 1 aromatic carbocycles. The fourth-order valence-electron chi connectivity index (χ4n) is 3.44. The first kappa shape index (κ1) is 15.5. The van der Waals surface area contributed by atoms with Crippen LogP contribution >= 0.6 is 0 Å². The number of benzene rings is 1. The van der Waals surface area contributed by atoms with Gasteiger partial charge >= 0.3 is 5.97 Å². The first-order chi connectivity index (χ1) is 10.8. The van der Waals surface area contributed by atoms with Gasteiger partial charge in [0.2, 0.25) is 0 Å². The molecule has 3 N–H and O–H groups in total. The lowest BCUT2D eigenvalue weighted by Gasteiger charge is -2.40. The predicted octanol–water partition coefficient (Wildman–Crippen LogP) is 1.07. The van der Waals surface area contributed by atoms with Crippen LogP contribution in [0.25, 0.3) is 0 Å². The number of carbonyl (C=O) groups is 1. The number of aromatic amines is 2. The Morgan fingerprint density at radius 3 is 2.83 bits per heavy atom. The van der Waals surface area contributed by atoms with Crippen molar-refractivity contribution in [2.24, 2.45) is 5.92 Å². The Morgan fingerprint density at radius 1 is 1.43 bits per heavy atom. The van der Waals surface area contributed by atoms with Crippen LogP contribution in [-0.4, -0.2) is 34.0 Å². The smallest absolute Gasteiger partial charge is 0.312 e. The summed E-state index contributed by atoms with van der Waals surface area (Å²) in [5, 5.41) is 16.0. The van der Waals surface area contributed by atoms with E-state index in [9.17, 15) is 19.1 Å². The number of rotatable bonds is 2. The Morgan fingerprint density at radius 2 is 2.17 bits per heavy atom. The monoisotopic (exact) mass is 320 g/mol. The van der Waals surface area contributed by atoms with Gasteiger partial charge in [0.25, 0.3) is 5.56 Å². The molecule has 1 aliphatic rings. The maximum Gasteiger partial charge on any atom is 0.312 e. The molecule has 1 aliphatic carbocycles. The van der Waals surface area contributed by atoms with Gasteiger partial charge in [-0.1, -0.05) is 12.1 Å². The average molecular weight is 320 g/mol. The van der Waals surface area contributed by atoms with E-state index in [1.807, 2.05) is 0 Å². The van der Waals surface area contributed by atoms with E-state index in [-0.39, 0.29) is 6.42 Å². The highest BCUT2D eigenvalue weighted by Crippen LogP contribution is 2.44. The molecule has 23 heavy (non-hydrogen) atoms. The lowest BCUT2D eigenvalue weighted by atomic mass is 9.66. The van der Waals surface area contributed by atoms with Crippen molar-refractivity contribution in [3.63, 3.8) is 0 Å². The van der Waals surface area contributed by atoms with Crippen LogP contribution in [-0.2, 0) is 16.0 Å². The van der Waals surface area contributed by atoms with Crippen LogP contribution in [0, 0.1) is 11.7 Å². The summed E-state index contributed by atoms with van der Waals surface area (Å²) in [5.41, 5.74) is -0.556. The Labute approximate surface area is 131 Å². The van der Waals surface area contributed by atoms with E-state index in [1.165, 1.54) is 32.2 Å². The van der Waals surface area contributed by atoms with Gasteiger partial charge in [0.15, 0.2) is 0 Å². The standard InChI is InChI=1S/C16H17FN2O4/c1-16(22)7-10-12(14(20)19-18-10)11(13(16)15(21)23-2)8-4-3-5-9(17)6-8/h3-6,11,13,22H,7H2,1-2H3,(H2,18,19,20)/t11-,13+,16+/m1/s1. The second-order valence-electron chi connectivity index (χ2n) is 6.04. The number of hydrogen-bond acceptors (Lipinski definition) is 4. The first-order valence-corrected chi connectivity index (χ1v) is 7.20. The largest absolute Gasteiger partial charge is 0.469 e. The van der Waals surface area contributed by atoms with Crippen molar-refractivity contribution in [3.8, 4) is 0 Å². The molecule has 3 atom stereocenters. The topological polar surface area (TPSA) is 95.2 Å². The maximum absolute atomic E-state index is 13.7. The third-order valence-electron chi connectivity index (χ3n) is 4.41. The number of carbonyl (C=O) groups excluding carboxylic acids is 1. The molecule has 0 bridgehead atoms. The summed E-state index contributed by atoms with van der Waals surface area (Å²) >= 11 is 0. The lowest BCUT2D eigenvalue weighted by Crippen LogP contribution is -2.49. The third-order valence-corrected chi connectivity index (χ3v) is 4.41. The molecule has 3 rings (SSSR count). The number of aliphatic hydroxyl groups is 1. The molecule has 1 aromatic heterocycles. The van der Waals surface area contributed by atoms with Gasteiger partial charge in [-0.15, -0.1) is 0 Å². The molecule has 122 valence electrons. The predicted molar refractivity (Wildman–Crippen MR) is 79.5 cm³/mol. The molecule has 0 saturated carbocycles. The number of fused-ring (bicyclic) bond motifs is 1. The summed E-state index contributed by atoms with van der Waals surface area (Å²) in [6, 6.07) is 5.67. The highest BCUT2D eigenvalue weighted by Gasteiger charge is 2.51. The van der Waals surface area contributed by atoms with Crippen molar-refractivity contribution in [1.29, 1.82) is 0 Å². The normalized spacial score (nSPS) is 26.6. The van der Waals surface area contributed by atoms with Crippen molar-refractivity contribution >= 4 is 5.97 Å². The molecular weight excluding hydrogens is 303 g/mol. The van der Waals surface area contributed by atoms with Gasteiger partial charge in [-0.3, -0.25) is 14.7 Å². The molecule has 2 aromatic rings. The van der Waals surface area contributed by atoms with Gasteiger partial charge in [0.1, 0.15) is 5.82 Å². The molecule has 0 aliphatic heterocycles. The highest BCUT2D eigenvalue weighted by atomic mass is 19.1. The molecule has 6 nitrogen and oxygen atoms in total. The number of aromatic nitrogens is 2. The second kappa shape index (κ2) is 5.34. The van der Waals surface area contributed by atoms with Crippen molar-refractivity contribution in [2.75, 3.05) is 7.11 Å². The zero-order valence-corrected chi connectivity index (χ0v) is 12.7. The Hall–Kier alpha value is -2.41. The molecule has 1 heterocycles. The molecular formula is C16H17FN2O4. The Bertz CT molecular complexity index is 808. The molecule has 7 heteroatoms. The van der Waals surface area contributed by atoms with E-state index in [0.29, 0.717) is 16.8 Å². The Kier molecular flexibility index (Phi) is 3.60. The minimum atomic E-state index is -1.44. The molecule has 0 fully saturated rings. The fraction of sp³-hybridized carbons (Fsp3) is 0.375. The summed E-state index contributed by atoms with van der Waals surface area (Å²) in [6.07, 6.45) is 0.0899. The van der Waals surface area contributed by atoms with Crippen LogP contribution in [0.4, 0.5) is 4.39 Å². The lowest BCUT2D eigenvalue weighted by molar-refractivity contribution is -0.156. The molecule has 0 radical (unpaired) electrons. The van der Waals surface area contributed by atoms with Gasteiger partial charge in [-0.25, -0.2) is 4.39 Å². The van der Waals surface area contributed by atoms with E-state index < -0.39 is 34.8 Å².